The number of halogens is 1. The van der Waals surface area contributed by atoms with Gasteiger partial charge in [0.15, 0.2) is 0 Å². The summed E-state index contributed by atoms with van der Waals surface area (Å²) in [5.74, 6) is 0. The lowest BCUT2D eigenvalue weighted by molar-refractivity contribution is 0.367. The highest BCUT2D eigenvalue weighted by Crippen LogP contribution is 2.16. The average Bonchev–Trinajstić information content (AvgIpc) is 2.44. The van der Waals surface area contributed by atoms with E-state index < -0.39 is 10.2 Å². The van der Waals surface area contributed by atoms with Crippen LogP contribution in [0.15, 0.2) is 0 Å². The molecule has 0 aliphatic carbocycles. The predicted molar refractivity (Wildman–Crippen MR) is 70.0 cm³/mol. The Balaban J connectivity index is 2.67. The van der Waals surface area contributed by atoms with Gasteiger partial charge in [0.2, 0.25) is 0 Å². The Morgan fingerprint density at radius 1 is 1.25 bits per heavy atom. The quantitative estimate of drug-likeness (QED) is 0.743. The topological polar surface area (TPSA) is 40.6 Å². The molecule has 0 aromatic carbocycles. The van der Waals surface area contributed by atoms with Crippen molar-refractivity contribution in [2.45, 2.75) is 37.4 Å². The Kier molecular flexibility index (Phi) is 5.70. The summed E-state index contributed by atoms with van der Waals surface area (Å²) >= 11 is 3.38. The van der Waals surface area contributed by atoms with Crippen LogP contribution in [0.5, 0.6) is 0 Å². The maximum atomic E-state index is 12.2. The van der Waals surface area contributed by atoms with E-state index in [2.05, 4.69) is 15.9 Å². The van der Waals surface area contributed by atoms with Gasteiger partial charge in [-0.15, -0.1) is 0 Å². The number of nitrogens with zero attached hydrogens (tertiary/aromatic N) is 2. The molecule has 1 saturated heterocycles. The van der Waals surface area contributed by atoms with Gasteiger partial charge in [-0.05, 0) is 12.8 Å². The molecule has 0 saturated carbocycles. The molecule has 0 spiro atoms. The number of hydrogen-bond acceptors (Lipinski definition) is 2. The molecule has 0 aromatic rings. The fourth-order valence-electron chi connectivity index (χ4n) is 1.92. The molecule has 96 valence electrons. The summed E-state index contributed by atoms with van der Waals surface area (Å²) in [6.45, 7) is 3.81. The number of hydrogen-bond donors (Lipinski definition) is 0. The van der Waals surface area contributed by atoms with Crippen LogP contribution in [-0.2, 0) is 10.2 Å². The zero-order valence-electron chi connectivity index (χ0n) is 10.0. The highest BCUT2D eigenvalue weighted by Gasteiger charge is 2.27. The summed E-state index contributed by atoms with van der Waals surface area (Å²) < 4.78 is 27.5. The zero-order chi connectivity index (χ0) is 12.2. The standard InChI is InChI=1S/C10H21BrN2O2S/c1-10(11)9-12(2)16(14,15)13-7-5-3-4-6-8-13/h10H,3-9H2,1-2H3. The van der Waals surface area contributed by atoms with Gasteiger partial charge in [0, 0.05) is 31.5 Å². The molecule has 1 atom stereocenters. The molecule has 1 rings (SSSR count). The molecule has 0 aromatic heterocycles. The SMILES string of the molecule is CC(Br)CN(C)S(=O)(=O)N1CCCCCC1. The van der Waals surface area contributed by atoms with Crippen LogP contribution in [0.25, 0.3) is 0 Å². The normalized spacial score (nSPS) is 22.0. The zero-order valence-corrected chi connectivity index (χ0v) is 12.4. The van der Waals surface area contributed by atoms with Crippen molar-refractivity contribution in [3.63, 3.8) is 0 Å². The lowest BCUT2D eigenvalue weighted by Crippen LogP contribution is -2.43. The third-order valence-corrected chi connectivity index (χ3v) is 5.04. The van der Waals surface area contributed by atoms with Gasteiger partial charge < -0.3 is 0 Å². The van der Waals surface area contributed by atoms with Crippen molar-refractivity contribution in [3.05, 3.63) is 0 Å². The Bertz CT molecular complexity index is 298. The first-order valence-electron chi connectivity index (χ1n) is 5.80. The van der Waals surface area contributed by atoms with E-state index in [1.54, 1.807) is 11.4 Å². The summed E-state index contributed by atoms with van der Waals surface area (Å²) in [5, 5.41) is 0. The summed E-state index contributed by atoms with van der Waals surface area (Å²) in [7, 11) is -1.59. The van der Waals surface area contributed by atoms with E-state index in [1.165, 1.54) is 4.31 Å². The van der Waals surface area contributed by atoms with Crippen molar-refractivity contribution in [1.82, 2.24) is 8.61 Å². The van der Waals surface area contributed by atoms with Gasteiger partial charge in [-0.25, -0.2) is 0 Å². The summed E-state index contributed by atoms with van der Waals surface area (Å²) in [4.78, 5) is 0.180. The lowest BCUT2D eigenvalue weighted by Gasteiger charge is -2.27. The van der Waals surface area contributed by atoms with E-state index in [-0.39, 0.29) is 4.83 Å². The minimum absolute atomic E-state index is 0.180. The Hall–Kier alpha value is 0.350. The molecule has 1 heterocycles. The molecular formula is C10H21BrN2O2S. The van der Waals surface area contributed by atoms with Crippen LogP contribution in [0, 0.1) is 0 Å². The number of alkyl halides is 1. The molecule has 0 N–H and O–H groups in total. The van der Waals surface area contributed by atoms with Crippen LogP contribution in [0.1, 0.15) is 32.6 Å². The largest absolute Gasteiger partial charge is 0.281 e. The second-order valence-corrected chi connectivity index (χ2v) is 7.98. The van der Waals surface area contributed by atoms with Gasteiger partial charge in [0.25, 0.3) is 10.2 Å². The van der Waals surface area contributed by atoms with Crippen LogP contribution in [0.3, 0.4) is 0 Å². The van der Waals surface area contributed by atoms with Crippen molar-refractivity contribution < 1.29 is 8.42 Å². The van der Waals surface area contributed by atoms with Crippen LogP contribution < -0.4 is 0 Å². The highest BCUT2D eigenvalue weighted by molar-refractivity contribution is 9.09. The molecule has 1 unspecified atom stereocenters. The molecule has 0 amide bonds. The van der Waals surface area contributed by atoms with Crippen molar-refractivity contribution in [2.75, 3.05) is 26.7 Å². The van der Waals surface area contributed by atoms with Gasteiger partial charge in [-0.3, -0.25) is 0 Å². The first-order chi connectivity index (χ1) is 7.44. The molecule has 1 aliphatic heterocycles. The fourth-order valence-corrected chi connectivity index (χ4v) is 4.07. The van der Waals surface area contributed by atoms with Crippen LogP contribution in [0.4, 0.5) is 0 Å². The lowest BCUT2D eigenvalue weighted by atomic mass is 10.2. The van der Waals surface area contributed by atoms with Crippen molar-refractivity contribution in [2.24, 2.45) is 0 Å². The molecule has 0 bridgehead atoms. The maximum Gasteiger partial charge on any atom is 0.281 e. The Morgan fingerprint density at radius 3 is 2.19 bits per heavy atom. The van der Waals surface area contributed by atoms with Crippen molar-refractivity contribution in [1.29, 1.82) is 0 Å². The second-order valence-electron chi connectivity index (χ2n) is 4.38. The predicted octanol–water partition coefficient (Wildman–Crippen LogP) is 1.82. The van der Waals surface area contributed by atoms with E-state index in [9.17, 15) is 8.42 Å². The Labute approximate surface area is 107 Å². The minimum Gasteiger partial charge on any atom is -0.195 e. The summed E-state index contributed by atoms with van der Waals surface area (Å²) in [5.41, 5.74) is 0. The fraction of sp³-hybridized carbons (Fsp3) is 1.00. The molecule has 4 nitrogen and oxygen atoms in total. The van der Waals surface area contributed by atoms with Crippen LogP contribution in [0.2, 0.25) is 0 Å². The van der Waals surface area contributed by atoms with Crippen LogP contribution in [-0.4, -0.2) is 48.5 Å². The van der Waals surface area contributed by atoms with Crippen LogP contribution >= 0.6 is 15.9 Å². The van der Waals surface area contributed by atoms with Gasteiger partial charge >= 0.3 is 0 Å². The third-order valence-electron chi connectivity index (χ3n) is 2.79. The Morgan fingerprint density at radius 2 is 1.75 bits per heavy atom. The monoisotopic (exact) mass is 312 g/mol. The van der Waals surface area contributed by atoms with Gasteiger partial charge in [0.05, 0.1) is 0 Å². The second kappa shape index (κ2) is 6.33. The summed E-state index contributed by atoms with van der Waals surface area (Å²) in [6.07, 6.45) is 4.25. The van der Waals surface area contributed by atoms with Gasteiger partial charge in [0.1, 0.15) is 0 Å². The van der Waals surface area contributed by atoms with E-state index in [0.29, 0.717) is 19.6 Å². The van der Waals surface area contributed by atoms with E-state index in [0.717, 1.165) is 25.7 Å². The highest BCUT2D eigenvalue weighted by atomic mass is 79.9. The molecule has 6 heteroatoms. The molecule has 0 radical (unpaired) electrons. The van der Waals surface area contributed by atoms with Gasteiger partial charge in [-0.1, -0.05) is 35.7 Å². The molecular weight excluding hydrogens is 292 g/mol. The van der Waals surface area contributed by atoms with E-state index in [4.69, 9.17) is 0 Å². The van der Waals surface area contributed by atoms with Crippen molar-refractivity contribution in [3.8, 4) is 0 Å². The van der Waals surface area contributed by atoms with E-state index in [1.807, 2.05) is 6.92 Å². The third kappa shape index (κ3) is 3.98. The number of rotatable bonds is 4. The maximum absolute atomic E-state index is 12.2. The smallest absolute Gasteiger partial charge is 0.195 e. The minimum atomic E-state index is -3.24. The molecule has 1 fully saturated rings. The molecule has 1 aliphatic rings. The summed E-state index contributed by atoms with van der Waals surface area (Å²) in [6, 6.07) is 0. The average molecular weight is 313 g/mol. The van der Waals surface area contributed by atoms with Crippen molar-refractivity contribution >= 4 is 26.1 Å². The molecule has 16 heavy (non-hydrogen) atoms. The van der Waals surface area contributed by atoms with Gasteiger partial charge in [-0.2, -0.15) is 17.0 Å². The first-order valence-corrected chi connectivity index (χ1v) is 8.11. The first kappa shape index (κ1) is 14.4. The van der Waals surface area contributed by atoms with E-state index >= 15 is 0 Å².